The van der Waals surface area contributed by atoms with Gasteiger partial charge in [0.15, 0.2) is 0 Å². The van der Waals surface area contributed by atoms with Gasteiger partial charge >= 0.3 is 0 Å². The molecule has 0 aliphatic heterocycles. The molecule has 0 spiro atoms. The van der Waals surface area contributed by atoms with Crippen LogP contribution < -0.4 is 0 Å². The minimum Gasteiger partial charge on any atom is -0.0882 e. The average Bonchev–Trinajstić information content (AvgIpc) is 1.89. The molecule has 0 fully saturated rings. The van der Waals surface area contributed by atoms with Gasteiger partial charge in [-0.1, -0.05) is 24.3 Å². The molecule has 0 rings (SSSR count). The highest BCUT2D eigenvalue weighted by molar-refractivity contribution is 4.93. The molecule has 50 valence electrons. The summed E-state index contributed by atoms with van der Waals surface area (Å²) in [5, 5.41) is 0. The van der Waals surface area contributed by atoms with E-state index in [0.717, 1.165) is 19.3 Å². The van der Waals surface area contributed by atoms with Gasteiger partial charge in [0.2, 0.25) is 0 Å². The van der Waals surface area contributed by atoms with E-state index in [-0.39, 0.29) is 0 Å². The van der Waals surface area contributed by atoms with Gasteiger partial charge in [-0.3, -0.25) is 0 Å². The minimum absolute atomic E-state index is 0.887. The SMILES string of the molecule is [CH2]C/C=C/C/C=C/C[CH2]. The summed E-state index contributed by atoms with van der Waals surface area (Å²) in [6.45, 7) is 7.36. The summed E-state index contributed by atoms with van der Waals surface area (Å²) in [5.74, 6) is 0. The van der Waals surface area contributed by atoms with Gasteiger partial charge in [0.25, 0.3) is 0 Å². The van der Waals surface area contributed by atoms with Crippen molar-refractivity contribution in [2.24, 2.45) is 0 Å². The second kappa shape index (κ2) is 7.48. The molecule has 0 amide bonds. The van der Waals surface area contributed by atoms with Gasteiger partial charge in [0.05, 0.1) is 0 Å². The van der Waals surface area contributed by atoms with Crippen LogP contribution in [0.15, 0.2) is 24.3 Å². The van der Waals surface area contributed by atoms with Crippen LogP contribution in [0.3, 0.4) is 0 Å². The predicted octanol–water partition coefficient (Wildman–Crippen LogP) is 2.94. The highest BCUT2D eigenvalue weighted by Crippen LogP contribution is 1.88. The lowest BCUT2D eigenvalue weighted by atomic mass is 10.3. The zero-order valence-corrected chi connectivity index (χ0v) is 5.84. The van der Waals surface area contributed by atoms with Gasteiger partial charge < -0.3 is 0 Å². The first-order valence-corrected chi connectivity index (χ1v) is 3.30. The van der Waals surface area contributed by atoms with E-state index in [4.69, 9.17) is 0 Å². The van der Waals surface area contributed by atoms with Crippen molar-refractivity contribution < 1.29 is 0 Å². The Morgan fingerprint density at radius 1 is 0.778 bits per heavy atom. The molecule has 0 aromatic carbocycles. The van der Waals surface area contributed by atoms with E-state index in [0.29, 0.717) is 0 Å². The highest BCUT2D eigenvalue weighted by Gasteiger charge is 1.68. The second-order valence-corrected chi connectivity index (χ2v) is 1.76. The monoisotopic (exact) mass is 122 g/mol. The highest BCUT2D eigenvalue weighted by atomic mass is 13.7. The van der Waals surface area contributed by atoms with Crippen LogP contribution in [0, 0.1) is 13.8 Å². The second-order valence-electron chi connectivity index (χ2n) is 1.76. The van der Waals surface area contributed by atoms with E-state index >= 15 is 0 Å². The number of rotatable bonds is 4. The molecule has 0 aromatic heterocycles. The first-order chi connectivity index (χ1) is 4.41. The molecule has 0 heterocycles. The lowest BCUT2D eigenvalue weighted by Gasteiger charge is -1.79. The summed E-state index contributed by atoms with van der Waals surface area (Å²) in [6, 6.07) is 0. The lowest BCUT2D eigenvalue weighted by Crippen LogP contribution is -1.58. The van der Waals surface area contributed by atoms with Crippen LogP contribution in [-0.4, -0.2) is 0 Å². The van der Waals surface area contributed by atoms with Crippen LogP contribution in [0.25, 0.3) is 0 Å². The molecule has 0 atom stereocenters. The summed E-state index contributed by atoms with van der Waals surface area (Å²) >= 11 is 0. The smallest absolute Gasteiger partial charge is 0.0169 e. The zero-order chi connectivity index (χ0) is 6.95. The molecule has 0 aliphatic rings. The van der Waals surface area contributed by atoms with Crippen molar-refractivity contribution in [2.45, 2.75) is 19.3 Å². The fourth-order valence-electron chi connectivity index (χ4n) is 0.507. The normalized spacial score (nSPS) is 11.8. The summed E-state index contributed by atoms with van der Waals surface area (Å²) < 4.78 is 0. The van der Waals surface area contributed by atoms with Crippen LogP contribution >= 0.6 is 0 Å². The quantitative estimate of drug-likeness (QED) is 0.503. The van der Waals surface area contributed by atoms with Crippen LogP contribution in [0.2, 0.25) is 0 Å². The van der Waals surface area contributed by atoms with Crippen LogP contribution in [0.1, 0.15) is 19.3 Å². The maximum Gasteiger partial charge on any atom is -0.0169 e. The van der Waals surface area contributed by atoms with E-state index in [1.165, 1.54) is 0 Å². The Balaban J connectivity index is 3.08. The molecule has 0 aliphatic carbocycles. The third-order valence-electron chi connectivity index (χ3n) is 0.939. The number of hydrogen-bond acceptors (Lipinski definition) is 0. The molecule has 0 heteroatoms. The number of allylic oxidation sites excluding steroid dienone is 4. The van der Waals surface area contributed by atoms with Gasteiger partial charge in [0, 0.05) is 0 Å². The Kier molecular flexibility index (Phi) is 7.05. The van der Waals surface area contributed by atoms with E-state index in [9.17, 15) is 0 Å². The van der Waals surface area contributed by atoms with Crippen LogP contribution in [0.5, 0.6) is 0 Å². The Morgan fingerprint density at radius 3 is 1.56 bits per heavy atom. The maximum absolute atomic E-state index is 3.68. The van der Waals surface area contributed by atoms with Gasteiger partial charge in [-0.2, -0.15) is 0 Å². The van der Waals surface area contributed by atoms with E-state index in [1.807, 2.05) is 0 Å². The van der Waals surface area contributed by atoms with Crippen molar-refractivity contribution in [3.63, 3.8) is 0 Å². The predicted molar refractivity (Wildman–Crippen MR) is 42.8 cm³/mol. The van der Waals surface area contributed by atoms with Gasteiger partial charge in [-0.05, 0) is 33.1 Å². The largest absolute Gasteiger partial charge is 0.0882 e. The first-order valence-electron chi connectivity index (χ1n) is 3.30. The summed E-state index contributed by atoms with van der Waals surface area (Å²) in [4.78, 5) is 0. The van der Waals surface area contributed by atoms with Crippen molar-refractivity contribution in [2.75, 3.05) is 0 Å². The molecule has 0 saturated carbocycles. The molecule has 0 N–H and O–H groups in total. The van der Waals surface area contributed by atoms with E-state index < -0.39 is 0 Å². The van der Waals surface area contributed by atoms with Crippen molar-refractivity contribution in [1.82, 2.24) is 0 Å². The fraction of sp³-hybridized carbons (Fsp3) is 0.333. The standard InChI is InChI=1S/C9H14/c1-3-5-7-9-8-6-4-2/h5-8H,1-4,9H2/b7-5+,8-6+. The van der Waals surface area contributed by atoms with Crippen molar-refractivity contribution in [3.05, 3.63) is 38.2 Å². The Bertz CT molecular complexity index is 76.2. The molecule has 9 heavy (non-hydrogen) atoms. The molecule has 0 bridgehead atoms. The Hall–Kier alpha value is -0.520. The van der Waals surface area contributed by atoms with E-state index in [2.05, 4.69) is 38.2 Å². The molecule has 2 radical (unpaired) electrons. The van der Waals surface area contributed by atoms with Gasteiger partial charge in [-0.15, -0.1) is 0 Å². The summed E-state index contributed by atoms with van der Waals surface area (Å²) in [7, 11) is 0. The third-order valence-corrected chi connectivity index (χ3v) is 0.939. The number of hydrogen-bond donors (Lipinski definition) is 0. The maximum atomic E-state index is 3.68. The van der Waals surface area contributed by atoms with Gasteiger partial charge in [0.1, 0.15) is 0 Å². The van der Waals surface area contributed by atoms with Gasteiger partial charge in [-0.25, -0.2) is 0 Å². The Morgan fingerprint density at radius 2 is 1.22 bits per heavy atom. The average molecular weight is 122 g/mol. The summed E-state index contributed by atoms with van der Waals surface area (Å²) in [5.41, 5.74) is 0. The molecular weight excluding hydrogens is 108 g/mol. The molecule has 0 unspecified atom stereocenters. The third kappa shape index (κ3) is 7.48. The molecule has 0 nitrogen and oxygen atoms in total. The summed E-state index contributed by atoms with van der Waals surface area (Å²) in [6.07, 6.45) is 11.1. The minimum atomic E-state index is 0.887. The fourth-order valence-corrected chi connectivity index (χ4v) is 0.507. The Labute approximate surface area is 58.3 Å². The van der Waals surface area contributed by atoms with Crippen molar-refractivity contribution in [3.8, 4) is 0 Å². The van der Waals surface area contributed by atoms with E-state index in [1.54, 1.807) is 0 Å². The first kappa shape index (κ1) is 8.48. The molecule has 0 aromatic rings. The molecular formula is C9H14. The van der Waals surface area contributed by atoms with Crippen LogP contribution in [0.4, 0.5) is 0 Å². The lowest BCUT2D eigenvalue weighted by molar-refractivity contribution is 1.28. The van der Waals surface area contributed by atoms with Crippen LogP contribution in [-0.2, 0) is 0 Å². The molecule has 0 saturated heterocycles. The van der Waals surface area contributed by atoms with Crippen molar-refractivity contribution in [1.29, 1.82) is 0 Å². The van der Waals surface area contributed by atoms with Crippen molar-refractivity contribution >= 4 is 0 Å². The zero-order valence-electron chi connectivity index (χ0n) is 5.84. The topological polar surface area (TPSA) is 0 Å².